The number of aromatic nitrogens is 2. The van der Waals surface area contributed by atoms with Crippen molar-refractivity contribution in [2.24, 2.45) is 0 Å². The summed E-state index contributed by atoms with van der Waals surface area (Å²) in [7, 11) is 0. The Morgan fingerprint density at radius 2 is 2.08 bits per heavy atom. The molecular formula is C6H6BrF3N2O. The first-order valence-electron chi connectivity index (χ1n) is 3.43. The number of aryl methyl sites for hydroxylation is 1. The van der Waals surface area contributed by atoms with Crippen molar-refractivity contribution in [3.05, 3.63) is 20.5 Å². The van der Waals surface area contributed by atoms with Gasteiger partial charge < -0.3 is 0 Å². The number of nitrogens with one attached hydrogen (secondary N) is 1. The summed E-state index contributed by atoms with van der Waals surface area (Å²) in [6, 6.07) is 0. The first-order chi connectivity index (χ1) is 5.88. The summed E-state index contributed by atoms with van der Waals surface area (Å²) in [4.78, 5) is 10.8. The number of rotatable bonds is 1. The highest BCUT2D eigenvalue weighted by Gasteiger charge is 2.38. The van der Waals surface area contributed by atoms with Gasteiger partial charge in [0.15, 0.2) is 5.56 Å². The first kappa shape index (κ1) is 10.4. The Morgan fingerprint density at radius 1 is 1.54 bits per heavy atom. The molecule has 0 aromatic carbocycles. The fourth-order valence-electron chi connectivity index (χ4n) is 0.920. The molecule has 74 valence electrons. The average Bonchev–Trinajstić information content (AvgIpc) is 2.24. The fourth-order valence-corrected chi connectivity index (χ4v) is 1.66. The molecule has 1 aromatic heterocycles. The van der Waals surface area contributed by atoms with Crippen LogP contribution in [0.3, 0.4) is 0 Å². The molecule has 0 spiro atoms. The number of hydrogen-bond acceptors (Lipinski definition) is 1. The van der Waals surface area contributed by atoms with E-state index in [0.717, 1.165) is 4.68 Å². The molecule has 0 fully saturated rings. The molecule has 0 aliphatic carbocycles. The highest BCUT2D eigenvalue weighted by molar-refractivity contribution is 9.10. The second kappa shape index (κ2) is 3.21. The Labute approximate surface area is 79.7 Å². The van der Waals surface area contributed by atoms with E-state index in [2.05, 4.69) is 21.0 Å². The molecule has 0 aliphatic rings. The standard InChI is InChI=1S/C6H6BrF3N2O/c1-2-12-4(7)3(5(13)11-12)6(8,9)10/h2H2,1H3,(H,11,13). The van der Waals surface area contributed by atoms with E-state index in [9.17, 15) is 18.0 Å². The normalized spacial score (nSPS) is 12.1. The van der Waals surface area contributed by atoms with E-state index < -0.39 is 17.3 Å². The van der Waals surface area contributed by atoms with Crippen LogP contribution >= 0.6 is 15.9 Å². The van der Waals surface area contributed by atoms with E-state index in [1.165, 1.54) is 0 Å². The van der Waals surface area contributed by atoms with Crippen LogP contribution in [0, 0.1) is 0 Å². The molecule has 7 heteroatoms. The van der Waals surface area contributed by atoms with E-state index in [0.29, 0.717) is 0 Å². The highest BCUT2D eigenvalue weighted by atomic mass is 79.9. The van der Waals surface area contributed by atoms with Crippen LogP contribution in [0.25, 0.3) is 0 Å². The smallest absolute Gasteiger partial charge is 0.278 e. The summed E-state index contributed by atoms with van der Waals surface area (Å²) >= 11 is 2.71. The van der Waals surface area contributed by atoms with Gasteiger partial charge >= 0.3 is 6.18 Å². The molecule has 13 heavy (non-hydrogen) atoms. The molecule has 0 saturated heterocycles. The molecule has 0 radical (unpaired) electrons. The molecule has 0 bridgehead atoms. The second-order valence-corrected chi connectivity index (χ2v) is 3.10. The van der Waals surface area contributed by atoms with Crippen molar-refractivity contribution in [1.29, 1.82) is 0 Å². The van der Waals surface area contributed by atoms with Crippen LogP contribution in [0.2, 0.25) is 0 Å². The van der Waals surface area contributed by atoms with Gasteiger partial charge in [-0.25, -0.2) is 0 Å². The van der Waals surface area contributed by atoms with Crippen LogP contribution in [0.1, 0.15) is 12.5 Å². The molecule has 0 amide bonds. The number of H-pyrrole nitrogens is 1. The quantitative estimate of drug-likeness (QED) is 0.822. The van der Waals surface area contributed by atoms with Crippen molar-refractivity contribution >= 4 is 15.9 Å². The number of halogens is 4. The zero-order valence-electron chi connectivity index (χ0n) is 6.57. The molecule has 0 atom stereocenters. The van der Waals surface area contributed by atoms with E-state index in [1.54, 1.807) is 6.92 Å². The predicted octanol–water partition coefficient (Wildman–Crippen LogP) is 1.98. The Bertz CT molecular complexity index is 365. The Hall–Kier alpha value is -0.720. The minimum atomic E-state index is -4.62. The monoisotopic (exact) mass is 258 g/mol. The maximum Gasteiger partial charge on any atom is 0.424 e. The van der Waals surface area contributed by atoms with E-state index in [-0.39, 0.29) is 11.1 Å². The van der Waals surface area contributed by atoms with Gasteiger partial charge in [0, 0.05) is 6.54 Å². The maximum absolute atomic E-state index is 12.2. The number of hydrogen-bond donors (Lipinski definition) is 1. The SMILES string of the molecule is CCn1[nH]c(=O)c(C(F)(F)F)c1Br. The number of alkyl halides is 3. The zero-order valence-corrected chi connectivity index (χ0v) is 8.16. The van der Waals surface area contributed by atoms with Gasteiger partial charge in [0.1, 0.15) is 4.60 Å². The molecule has 1 aromatic rings. The van der Waals surface area contributed by atoms with Gasteiger partial charge in [-0.1, -0.05) is 0 Å². The maximum atomic E-state index is 12.2. The molecule has 1 rings (SSSR count). The van der Waals surface area contributed by atoms with Crippen LogP contribution in [0.15, 0.2) is 9.40 Å². The molecule has 0 saturated carbocycles. The van der Waals surface area contributed by atoms with Gasteiger partial charge in [-0.05, 0) is 22.9 Å². The second-order valence-electron chi connectivity index (χ2n) is 2.35. The number of aromatic amines is 1. The molecule has 3 nitrogen and oxygen atoms in total. The van der Waals surface area contributed by atoms with Crippen LogP contribution in [-0.4, -0.2) is 9.78 Å². The lowest BCUT2D eigenvalue weighted by molar-refractivity contribution is -0.139. The van der Waals surface area contributed by atoms with Crippen LogP contribution in [0.4, 0.5) is 13.2 Å². The van der Waals surface area contributed by atoms with E-state index in [4.69, 9.17) is 0 Å². The molecule has 0 aliphatic heterocycles. The van der Waals surface area contributed by atoms with Gasteiger partial charge in [-0.3, -0.25) is 14.6 Å². The molecule has 1 N–H and O–H groups in total. The topological polar surface area (TPSA) is 37.8 Å². The summed E-state index contributed by atoms with van der Waals surface area (Å²) in [6.45, 7) is 1.90. The summed E-state index contributed by atoms with van der Waals surface area (Å²) in [5, 5.41) is 2.06. The summed E-state index contributed by atoms with van der Waals surface area (Å²) < 4.78 is 37.4. The van der Waals surface area contributed by atoms with E-state index in [1.807, 2.05) is 0 Å². The largest absolute Gasteiger partial charge is 0.424 e. The van der Waals surface area contributed by atoms with Crippen molar-refractivity contribution in [3.63, 3.8) is 0 Å². The van der Waals surface area contributed by atoms with Gasteiger partial charge in [0.05, 0.1) is 0 Å². The molecular weight excluding hydrogens is 253 g/mol. The Morgan fingerprint density at radius 3 is 2.31 bits per heavy atom. The lowest BCUT2D eigenvalue weighted by atomic mass is 10.3. The molecule has 1 heterocycles. The minimum absolute atomic E-state index is 0.257. The summed E-state index contributed by atoms with van der Waals surface area (Å²) in [6.07, 6.45) is -4.62. The van der Waals surface area contributed by atoms with Gasteiger partial charge in [-0.2, -0.15) is 13.2 Å². The van der Waals surface area contributed by atoms with Crippen molar-refractivity contribution in [3.8, 4) is 0 Å². The lowest BCUT2D eigenvalue weighted by Crippen LogP contribution is -2.16. The summed E-state index contributed by atoms with van der Waals surface area (Å²) in [5.41, 5.74) is -2.31. The Kier molecular flexibility index (Phi) is 2.56. The first-order valence-corrected chi connectivity index (χ1v) is 4.22. The van der Waals surface area contributed by atoms with Crippen molar-refractivity contribution in [2.45, 2.75) is 19.6 Å². The van der Waals surface area contributed by atoms with Crippen molar-refractivity contribution < 1.29 is 13.2 Å². The third-order valence-corrected chi connectivity index (χ3v) is 2.33. The number of nitrogens with zero attached hydrogens (tertiary/aromatic N) is 1. The lowest BCUT2D eigenvalue weighted by Gasteiger charge is -2.03. The van der Waals surface area contributed by atoms with Crippen molar-refractivity contribution in [2.75, 3.05) is 0 Å². The van der Waals surface area contributed by atoms with Crippen LogP contribution < -0.4 is 5.56 Å². The highest BCUT2D eigenvalue weighted by Crippen LogP contribution is 2.31. The minimum Gasteiger partial charge on any atom is -0.278 e. The van der Waals surface area contributed by atoms with Gasteiger partial charge in [-0.15, -0.1) is 0 Å². The summed E-state index contributed by atoms with van der Waals surface area (Å²) in [5.74, 6) is 0. The average molecular weight is 259 g/mol. The van der Waals surface area contributed by atoms with Gasteiger partial charge in [0.2, 0.25) is 0 Å². The fraction of sp³-hybridized carbons (Fsp3) is 0.500. The third kappa shape index (κ3) is 1.79. The van der Waals surface area contributed by atoms with Crippen LogP contribution in [0.5, 0.6) is 0 Å². The third-order valence-electron chi connectivity index (χ3n) is 1.51. The Balaban J connectivity index is 3.38. The predicted molar refractivity (Wildman–Crippen MR) is 43.4 cm³/mol. The molecule has 0 unspecified atom stereocenters. The van der Waals surface area contributed by atoms with Crippen LogP contribution in [-0.2, 0) is 12.7 Å². The van der Waals surface area contributed by atoms with Crippen molar-refractivity contribution in [1.82, 2.24) is 9.78 Å². The zero-order chi connectivity index (χ0) is 10.2. The van der Waals surface area contributed by atoms with E-state index >= 15 is 0 Å². The van der Waals surface area contributed by atoms with Gasteiger partial charge in [0.25, 0.3) is 5.56 Å².